The summed E-state index contributed by atoms with van der Waals surface area (Å²) in [7, 11) is 5.81. The lowest BCUT2D eigenvalue weighted by atomic mass is 9.80. The predicted octanol–water partition coefficient (Wildman–Crippen LogP) is 5.39. The van der Waals surface area contributed by atoms with E-state index in [-0.39, 0.29) is 11.5 Å². The van der Waals surface area contributed by atoms with Gasteiger partial charge in [-0.3, -0.25) is 0 Å². The number of ether oxygens (including phenoxy) is 1. The second kappa shape index (κ2) is 9.53. The van der Waals surface area contributed by atoms with Gasteiger partial charge in [0.2, 0.25) is 0 Å². The summed E-state index contributed by atoms with van der Waals surface area (Å²) < 4.78 is 23.3. The molecular weight excluding hydrogens is 445 g/mol. The number of halogens is 1. The van der Waals surface area contributed by atoms with Crippen LogP contribution >= 0.6 is 0 Å². The smallest absolute Gasteiger partial charge is 0.335 e. The third-order valence-electron chi connectivity index (χ3n) is 7.61. The molecule has 2 atom stereocenters. The summed E-state index contributed by atoms with van der Waals surface area (Å²) in [6, 6.07) is 11.4. The Hall–Kier alpha value is -3.06. The highest BCUT2D eigenvalue weighted by Crippen LogP contribution is 2.48. The number of carboxylic acid groups (broad SMARTS) is 1. The van der Waals surface area contributed by atoms with Crippen LogP contribution in [0.3, 0.4) is 0 Å². The minimum absolute atomic E-state index is 0.193. The number of aromatic nitrogens is 1. The Bertz CT molecular complexity index is 1250. The van der Waals surface area contributed by atoms with Gasteiger partial charge in [0, 0.05) is 60.3 Å². The van der Waals surface area contributed by atoms with Gasteiger partial charge in [0.25, 0.3) is 0 Å². The maximum Gasteiger partial charge on any atom is 0.335 e. The van der Waals surface area contributed by atoms with E-state index in [9.17, 15) is 9.90 Å². The Morgan fingerprint density at radius 1 is 1.14 bits per heavy atom. The average molecular weight is 480 g/mol. The van der Waals surface area contributed by atoms with E-state index in [4.69, 9.17) is 4.74 Å². The van der Waals surface area contributed by atoms with Crippen molar-refractivity contribution in [2.45, 2.75) is 44.3 Å². The molecule has 1 aliphatic carbocycles. The summed E-state index contributed by atoms with van der Waals surface area (Å²) >= 11 is 0. The molecule has 1 aliphatic heterocycles. The summed E-state index contributed by atoms with van der Waals surface area (Å²) in [5.74, 6) is -0.350. The van der Waals surface area contributed by atoms with Crippen LogP contribution in [-0.2, 0) is 6.54 Å². The van der Waals surface area contributed by atoms with Gasteiger partial charge in [0.1, 0.15) is 11.9 Å². The van der Waals surface area contributed by atoms with Crippen molar-refractivity contribution in [2.75, 3.05) is 45.7 Å². The van der Waals surface area contributed by atoms with Gasteiger partial charge in [-0.1, -0.05) is 18.9 Å². The van der Waals surface area contributed by atoms with Gasteiger partial charge in [-0.05, 0) is 56.8 Å². The molecule has 0 amide bonds. The lowest BCUT2D eigenvalue weighted by Crippen LogP contribution is -2.33. The monoisotopic (exact) mass is 479 g/mol. The van der Waals surface area contributed by atoms with Crippen LogP contribution in [0, 0.1) is 0 Å². The summed E-state index contributed by atoms with van der Waals surface area (Å²) in [5, 5.41) is 10.7. The molecule has 5 rings (SSSR count). The van der Waals surface area contributed by atoms with Crippen LogP contribution < -0.4 is 9.64 Å². The molecule has 35 heavy (non-hydrogen) atoms. The van der Waals surface area contributed by atoms with Crippen molar-refractivity contribution in [3.8, 4) is 17.0 Å². The third-order valence-corrected chi connectivity index (χ3v) is 7.61. The van der Waals surface area contributed by atoms with Crippen LogP contribution in [0.2, 0.25) is 0 Å². The number of benzene rings is 2. The number of hydrogen-bond acceptors (Lipinski definition) is 4. The molecule has 3 aromatic rings. The average Bonchev–Trinajstić information content (AvgIpc) is 3.07. The lowest BCUT2D eigenvalue weighted by Gasteiger charge is -2.29. The van der Waals surface area contributed by atoms with Crippen LogP contribution in [-0.4, -0.2) is 67.6 Å². The molecular formula is C28H34FN3O3. The Kier molecular flexibility index (Phi) is 6.45. The third kappa shape index (κ3) is 4.27. The summed E-state index contributed by atoms with van der Waals surface area (Å²) in [4.78, 5) is 16.4. The van der Waals surface area contributed by atoms with Gasteiger partial charge in [-0.15, -0.1) is 0 Å². The van der Waals surface area contributed by atoms with Crippen molar-refractivity contribution in [3.63, 3.8) is 0 Å². The van der Waals surface area contributed by atoms with E-state index < -0.39 is 12.1 Å². The lowest BCUT2D eigenvalue weighted by molar-refractivity contribution is 0.0697. The fourth-order valence-corrected chi connectivity index (χ4v) is 5.81. The highest BCUT2D eigenvalue weighted by Gasteiger charge is 2.35. The summed E-state index contributed by atoms with van der Waals surface area (Å²) in [6.07, 6.45) is 2.42. The van der Waals surface area contributed by atoms with E-state index >= 15 is 4.39 Å². The largest absolute Gasteiger partial charge is 0.497 e. The van der Waals surface area contributed by atoms with Gasteiger partial charge >= 0.3 is 5.97 Å². The molecule has 7 heteroatoms. The molecule has 1 saturated carbocycles. The van der Waals surface area contributed by atoms with Crippen LogP contribution in [0.15, 0.2) is 36.4 Å². The minimum Gasteiger partial charge on any atom is -0.497 e. The van der Waals surface area contributed by atoms with Gasteiger partial charge in [0.05, 0.1) is 18.4 Å². The number of carboxylic acids is 1. The first-order valence-electron chi connectivity index (χ1n) is 12.5. The van der Waals surface area contributed by atoms with Crippen molar-refractivity contribution >= 4 is 22.6 Å². The number of nitrogens with zero attached hydrogens (tertiary/aromatic N) is 3. The molecule has 1 aromatic heterocycles. The maximum absolute atomic E-state index is 15.5. The van der Waals surface area contributed by atoms with Crippen molar-refractivity contribution in [1.29, 1.82) is 0 Å². The molecule has 1 fully saturated rings. The van der Waals surface area contributed by atoms with Crippen LogP contribution in [0.5, 0.6) is 5.75 Å². The molecule has 1 N–H and O–H groups in total. The minimum atomic E-state index is -0.948. The second-order valence-electron chi connectivity index (χ2n) is 10.0. The van der Waals surface area contributed by atoms with E-state index in [1.807, 2.05) is 12.1 Å². The molecule has 0 bridgehead atoms. The standard InChI is InChI=1S/C28H34FN3O3/c1-30(2)12-13-31-14-15-32-25-16-18(28(33)34)8-10-21(25)26(20-6-4-5-7-23(20)29)27(32)22-11-9-19(35-3)17-24(22)31/h8-11,16-17,20,23H,4-7,12-15H2,1-3H3,(H,33,34)/t20-,23-/m1/s1. The molecule has 0 radical (unpaired) electrons. The van der Waals surface area contributed by atoms with Gasteiger partial charge in [0.15, 0.2) is 0 Å². The van der Waals surface area contributed by atoms with E-state index in [1.54, 1.807) is 19.2 Å². The highest BCUT2D eigenvalue weighted by atomic mass is 19.1. The van der Waals surface area contributed by atoms with Gasteiger partial charge in [-0.2, -0.15) is 0 Å². The molecule has 2 aliphatic rings. The zero-order valence-corrected chi connectivity index (χ0v) is 20.8. The molecule has 0 unspecified atom stereocenters. The fourth-order valence-electron chi connectivity index (χ4n) is 5.81. The highest BCUT2D eigenvalue weighted by molar-refractivity contribution is 5.99. The van der Waals surface area contributed by atoms with Crippen molar-refractivity contribution < 1.29 is 19.0 Å². The number of hydrogen-bond donors (Lipinski definition) is 1. The number of likely N-dealkylation sites (N-methyl/N-ethyl adjacent to an activating group) is 1. The molecule has 0 spiro atoms. The topological polar surface area (TPSA) is 57.9 Å². The first kappa shape index (κ1) is 23.7. The molecule has 2 heterocycles. The fraction of sp³-hybridized carbons (Fsp3) is 0.464. The number of methoxy groups -OCH3 is 1. The second-order valence-corrected chi connectivity index (χ2v) is 10.0. The van der Waals surface area contributed by atoms with Crippen molar-refractivity contribution in [2.24, 2.45) is 0 Å². The Balaban J connectivity index is 1.78. The number of anilines is 1. The van der Waals surface area contributed by atoms with Crippen molar-refractivity contribution in [1.82, 2.24) is 9.47 Å². The molecule has 6 nitrogen and oxygen atoms in total. The zero-order valence-electron chi connectivity index (χ0n) is 20.8. The molecule has 0 saturated heterocycles. The van der Waals surface area contributed by atoms with Gasteiger partial charge in [-0.25, -0.2) is 9.18 Å². The van der Waals surface area contributed by atoms with E-state index in [2.05, 4.69) is 40.6 Å². The van der Waals surface area contributed by atoms with Crippen molar-refractivity contribution in [3.05, 3.63) is 47.5 Å². The van der Waals surface area contributed by atoms with E-state index in [1.165, 1.54) is 0 Å². The summed E-state index contributed by atoms with van der Waals surface area (Å²) in [5.41, 5.74) is 5.34. The number of carbonyl (C=O) groups is 1. The van der Waals surface area contributed by atoms with Crippen LogP contribution in [0.4, 0.5) is 10.1 Å². The van der Waals surface area contributed by atoms with E-state index in [0.29, 0.717) is 13.0 Å². The summed E-state index contributed by atoms with van der Waals surface area (Å²) in [6.45, 7) is 3.21. The predicted molar refractivity (Wildman–Crippen MR) is 138 cm³/mol. The number of aromatic carboxylic acids is 1. The molecule has 186 valence electrons. The first-order chi connectivity index (χ1) is 16.9. The van der Waals surface area contributed by atoms with Gasteiger partial charge < -0.3 is 24.2 Å². The first-order valence-corrected chi connectivity index (χ1v) is 12.5. The molecule has 2 aromatic carbocycles. The number of fused-ring (bicyclic) bond motifs is 5. The number of rotatable bonds is 6. The maximum atomic E-state index is 15.5. The Morgan fingerprint density at radius 2 is 1.94 bits per heavy atom. The Labute approximate surface area is 205 Å². The van der Waals surface area contributed by atoms with Crippen LogP contribution in [0.25, 0.3) is 22.2 Å². The van der Waals surface area contributed by atoms with Crippen LogP contribution in [0.1, 0.15) is 47.5 Å². The SMILES string of the molecule is COc1ccc2c(c1)N(CCN(C)C)CCn1c-2c([C@@H]2CCCC[C@H]2F)c2ccc(C(=O)O)cc21. The number of alkyl halides is 1. The Morgan fingerprint density at radius 3 is 2.66 bits per heavy atom. The zero-order chi connectivity index (χ0) is 24.7. The normalized spacial score (nSPS) is 20.0. The quantitative estimate of drug-likeness (QED) is 0.514. The van der Waals surface area contributed by atoms with E-state index in [0.717, 1.165) is 78.1 Å².